The molecule has 0 aliphatic heterocycles. The molecular weight excluding hydrogens is 421 g/mol. The second-order valence-electron chi connectivity index (χ2n) is 5.40. The van der Waals surface area contributed by atoms with Crippen molar-refractivity contribution >= 4 is 22.3 Å². The van der Waals surface area contributed by atoms with Gasteiger partial charge in [-0.05, 0) is 20.3 Å². The fourth-order valence-corrected chi connectivity index (χ4v) is 2.07. The second-order valence-corrected chi connectivity index (χ2v) is 6.45. The Labute approximate surface area is 236 Å². The minimum atomic E-state index is -4.48. The molecule has 0 spiro atoms. The van der Waals surface area contributed by atoms with Crippen LogP contribution in [0.5, 0.6) is 0 Å². The smallest absolute Gasteiger partial charge is 0.726 e. The minimum Gasteiger partial charge on any atom is -0.726 e. The first-order valence-corrected chi connectivity index (χ1v) is 9.81. The Morgan fingerprint density at radius 2 is 0.964 bits per heavy atom. The van der Waals surface area contributed by atoms with E-state index in [1.807, 2.05) is 0 Å². The van der Waals surface area contributed by atoms with Crippen molar-refractivity contribution in [1.82, 2.24) is 0 Å². The predicted octanol–water partition coefficient (Wildman–Crippen LogP) is -8.09. The molecule has 0 aromatic carbocycles. The fourth-order valence-electron chi connectivity index (χ4n) is 1.75. The Morgan fingerprint density at radius 3 is 1.21 bits per heavy atom. The summed E-state index contributed by atoms with van der Waals surface area (Å²) < 4.78 is 34.5. The molecule has 0 aromatic heterocycles. The first-order chi connectivity index (χ1) is 11.5. The molecule has 0 fully saturated rings. The number of carboxylic acid groups (broad SMARTS) is 2. The average molecular weight is 452 g/mol. The van der Waals surface area contributed by atoms with Crippen LogP contribution >= 0.6 is 0 Å². The van der Waals surface area contributed by atoms with Crippen LogP contribution in [-0.2, 0) is 24.2 Å². The van der Waals surface area contributed by atoms with Crippen LogP contribution in [0.4, 0.5) is 0 Å². The molecule has 0 saturated carbocycles. The van der Waals surface area contributed by atoms with Crippen molar-refractivity contribution in [2.24, 2.45) is 0 Å². The van der Waals surface area contributed by atoms with E-state index in [2.05, 4.69) is 11.1 Å². The summed E-state index contributed by atoms with van der Waals surface area (Å²) in [5.74, 6) is -2.17. The molecule has 0 amide bonds. The topological polar surface area (TPSA) is 147 Å². The van der Waals surface area contributed by atoms with Gasteiger partial charge in [-0.3, -0.25) is 4.18 Å². The van der Waals surface area contributed by atoms with Crippen LogP contribution in [-0.4, -0.2) is 31.5 Å². The molecule has 0 bridgehead atoms. The number of hydrogen-bond acceptors (Lipinski definition) is 8. The minimum absolute atomic E-state index is 0. The molecular formula is C16H31Na3O8S. The molecule has 152 valence electrons. The van der Waals surface area contributed by atoms with E-state index in [1.54, 1.807) is 0 Å². The first kappa shape index (κ1) is 43.6. The number of carboxylic acids is 2. The summed E-state index contributed by atoms with van der Waals surface area (Å²) in [7, 11) is -4.48. The number of rotatable bonds is 12. The third-order valence-electron chi connectivity index (χ3n) is 2.73. The van der Waals surface area contributed by atoms with Gasteiger partial charge in [0.25, 0.3) is 0 Å². The molecule has 0 heterocycles. The van der Waals surface area contributed by atoms with Gasteiger partial charge in [-0.25, -0.2) is 8.42 Å². The van der Waals surface area contributed by atoms with Crippen LogP contribution in [0.15, 0.2) is 0 Å². The van der Waals surface area contributed by atoms with E-state index in [4.69, 9.17) is 19.8 Å². The van der Waals surface area contributed by atoms with Crippen molar-refractivity contribution in [1.29, 1.82) is 0 Å². The summed E-state index contributed by atoms with van der Waals surface area (Å²) >= 11 is 0. The Hall–Kier alpha value is 1.81. The molecule has 8 nitrogen and oxygen atoms in total. The number of unbranched alkanes of at least 4 members (excludes halogenated alkanes) is 9. The average Bonchev–Trinajstić information content (AvgIpc) is 2.42. The Balaban J connectivity index is -0.0000000937. The zero-order valence-electron chi connectivity index (χ0n) is 18.5. The summed E-state index contributed by atoms with van der Waals surface area (Å²) in [6.07, 6.45) is 11.7. The molecule has 0 atom stereocenters. The Kier molecular flexibility index (Phi) is 52.1. The van der Waals surface area contributed by atoms with Crippen LogP contribution in [0, 0.1) is 0 Å². The number of hydrogen-bond donors (Lipinski definition) is 0. The molecule has 0 rings (SSSR count). The van der Waals surface area contributed by atoms with E-state index in [0.29, 0.717) is 6.42 Å². The first-order valence-electron chi connectivity index (χ1n) is 8.48. The zero-order valence-corrected chi connectivity index (χ0v) is 25.3. The molecule has 0 saturated heterocycles. The van der Waals surface area contributed by atoms with Gasteiger partial charge in [0.05, 0.1) is 6.61 Å². The summed E-state index contributed by atoms with van der Waals surface area (Å²) in [5.41, 5.74) is 0. The van der Waals surface area contributed by atoms with Crippen LogP contribution in [0.2, 0.25) is 0 Å². The third kappa shape index (κ3) is 80.0. The summed E-state index contributed by atoms with van der Waals surface area (Å²) in [4.78, 5) is 17.8. The van der Waals surface area contributed by atoms with Gasteiger partial charge in [-0.2, -0.15) is 0 Å². The Bertz CT molecular complexity index is 400. The van der Waals surface area contributed by atoms with Crippen LogP contribution in [0.25, 0.3) is 0 Å². The van der Waals surface area contributed by atoms with Crippen LogP contribution < -0.4 is 98.9 Å². The quantitative estimate of drug-likeness (QED) is 0.123. The standard InChI is InChI=1S/C12H26O4S.2C2H4O2.3Na/c1-2-3-4-5-6-7-8-9-10-11-12-16-17(13,14)15;2*1-2(3)4;;;/h2-12H2,1H3,(H,13,14,15);2*1H3,(H,3,4);;;/q;;;3*+1/p-3. The van der Waals surface area contributed by atoms with Gasteiger partial charge >= 0.3 is 88.7 Å². The molecule has 0 unspecified atom stereocenters. The van der Waals surface area contributed by atoms with Gasteiger partial charge in [0.1, 0.15) is 0 Å². The van der Waals surface area contributed by atoms with E-state index >= 15 is 0 Å². The number of aliphatic carboxylic acids is 2. The number of carbonyl (C=O) groups excluding carboxylic acids is 2. The molecule has 28 heavy (non-hydrogen) atoms. The number of carbonyl (C=O) groups is 2. The van der Waals surface area contributed by atoms with Gasteiger partial charge in [0.2, 0.25) is 10.4 Å². The molecule has 0 aliphatic rings. The summed E-state index contributed by atoms with van der Waals surface area (Å²) in [6, 6.07) is 0. The maximum absolute atomic E-state index is 10.1. The van der Waals surface area contributed by atoms with Gasteiger partial charge in [-0.15, -0.1) is 0 Å². The molecule has 0 aliphatic carbocycles. The van der Waals surface area contributed by atoms with Crippen molar-refractivity contribution in [3.63, 3.8) is 0 Å². The Morgan fingerprint density at radius 1 is 0.714 bits per heavy atom. The van der Waals surface area contributed by atoms with Crippen molar-refractivity contribution in [2.45, 2.75) is 85.0 Å². The van der Waals surface area contributed by atoms with Crippen LogP contribution in [0.1, 0.15) is 85.0 Å². The van der Waals surface area contributed by atoms with Crippen molar-refractivity contribution < 1.29 is 126 Å². The van der Waals surface area contributed by atoms with E-state index in [9.17, 15) is 13.0 Å². The van der Waals surface area contributed by atoms with Gasteiger partial charge < -0.3 is 24.4 Å². The maximum atomic E-state index is 10.1. The van der Waals surface area contributed by atoms with E-state index in [1.165, 1.54) is 44.9 Å². The molecule has 0 N–H and O–H groups in total. The SMILES string of the molecule is CC(=O)[O-].CC(=O)[O-].CCCCCCCCCCCCOS(=O)(=O)[O-].[Na+].[Na+].[Na+]. The van der Waals surface area contributed by atoms with Crippen molar-refractivity contribution in [3.8, 4) is 0 Å². The fraction of sp³-hybridized carbons (Fsp3) is 0.875. The largest absolute Gasteiger partial charge is 1.00 e. The molecule has 0 aromatic rings. The third-order valence-corrected chi connectivity index (χ3v) is 3.18. The normalized spacial score (nSPS) is 9.00. The second kappa shape index (κ2) is 33.4. The van der Waals surface area contributed by atoms with Crippen molar-refractivity contribution in [2.75, 3.05) is 6.61 Å². The van der Waals surface area contributed by atoms with Gasteiger partial charge in [0.15, 0.2) is 0 Å². The van der Waals surface area contributed by atoms with Gasteiger partial charge in [-0.1, -0.05) is 64.7 Å². The summed E-state index contributed by atoms with van der Waals surface area (Å²) in [6.45, 7) is 4.19. The predicted molar refractivity (Wildman–Crippen MR) is 88.9 cm³/mol. The van der Waals surface area contributed by atoms with E-state index in [-0.39, 0.29) is 95.3 Å². The molecule has 0 radical (unpaired) electrons. The van der Waals surface area contributed by atoms with E-state index in [0.717, 1.165) is 26.7 Å². The monoisotopic (exact) mass is 452 g/mol. The summed E-state index contributed by atoms with van der Waals surface area (Å²) in [5, 5.41) is 17.8. The zero-order chi connectivity index (χ0) is 20.1. The van der Waals surface area contributed by atoms with Crippen LogP contribution in [0.3, 0.4) is 0 Å². The van der Waals surface area contributed by atoms with E-state index < -0.39 is 22.3 Å². The molecule has 12 heteroatoms. The van der Waals surface area contributed by atoms with Gasteiger partial charge in [0, 0.05) is 11.9 Å². The van der Waals surface area contributed by atoms with Crippen molar-refractivity contribution in [3.05, 3.63) is 0 Å². The maximum Gasteiger partial charge on any atom is 1.00 e.